The third kappa shape index (κ3) is 7.62. The van der Waals surface area contributed by atoms with Crippen LogP contribution in [0.25, 0.3) is 0 Å². The van der Waals surface area contributed by atoms with Gasteiger partial charge in [0.1, 0.15) is 5.82 Å². The third-order valence-electron chi connectivity index (χ3n) is 5.61. The first-order chi connectivity index (χ1) is 14.2. The van der Waals surface area contributed by atoms with Gasteiger partial charge in [0.25, 0.3) is 0 Å². The minimum absolute atomic E-state index is 0. The van der Waals surface area contributed by atoms with Gasteiger partial charge in [-0.2, -0.15) is 0 Å². The molecule has 170 valence electrons. The first-order valence-corrected chi connectivity index (χ1v) is 10.6. The van der Waals surface area contributed by atoms with Crippen LogP contribution in [0.4, 0.5) is 4.39 Å². The average molecular weight is 535 g/mol. The highest BCUT2D eigenvalue weighted by Gasteiger charge is 2.23. The van der Waals surface area contributed by atoms with Crippen LogP contribution < -0.4 is 5.32 Å². The second-order valence-electron chi connectivity index (χ2n) is 7.77. The first-order valence-electron chi connectivity index (χ1n) is 10.6. The Hall–Kier alpha value is -0.970. The van der Waals surface area contributed by atoms with E-state index in [0.29, 0.717) is 24.8 Å². The standard InChI is InChI=1S/C22H34FN3O3.HI/c1-24-22(25-14-17-6-7-21(23)18(13-17)15-27-2)26-10-8-19(9-11-26)29-16-20-5-3-4-12-28-20;/h6-7,13,19-20H,3-5,8-12,14-16H2,1-2H3,(H,24,25);1H. The Kier molecular flexibility index (Phi) is 11.3. The fraction of sp³-hybridized carbons (Fsp3) is 0.682. The summed E-state index contributed by atoms with van der Waals surface area (Å²) >= 11 is 0. The maximum Gasteiger partial charge on any atom is 0.193 e. The van der Waals surface area contributed by atoms with Gasteiger partial charge >= 0.3 is 0 Å². The van der Waals surface area contributed by atoms with Gasteiger partial charge in [-0.05, 0) is 49.8 Å². The van der Waals surface area contributed by atoms with Crippen LogP contribution in [0.2, 0.25) is 0 Å². The summed E-state index contributed by atoms with van der Waals surface area (Å²) in [5.74, 6) is 0.636. The Labute approximate surface area is 196 Å². The van der Waals surface area contributed by atoms with Crippen LogP contribution in [-0.4, -0.2) is 63.5 Å². The molecule has 2 aliphatic rings. The summed E-state index contributed by atoms with van der Waals surface area (Å²) in [7, 11) is 3.37. The predicted octanol–water partition coefficient (Wildman–Crippen LogP) is 3.72. The maximum atomic E-state index is 13.8. The van der Waals surface area contributed by atoms with Gasteiger partial charge in [-0.3, -0.25) is 4.99 Å². The fourth-order valence-electron chi connectivity index (χ4n) is 3.93. The van der Waals surface area contributed by atoms with Crippen molar-refractivity contribution >= 4 is 29.9 Å². The van der Waals surface area contributed by atoms with E-state index >= 15 is 0 Å². The lowest BCUT2D eigenvalue weighted by Crippen LogP contribution is -2.47. The number of nitrogens with zero attached hydrogens (tertiary/aromatic N) is 2. The van der Waals surface area contributed by atoms with Crippen LogP contribution in [-0.2, 0) is 27.4 Å². The number of aliphatic imine (C=N–C) groups is 1. The lowest BCUT2D eigenvalue weighted by molar-refractivity contribution is -0.0721. The van der Waals surface area contributed by atoms with E-state index in [1.807, 2.05) is 6.07 Å². The molecule has 0 saturated carbocycles. The number of ether oxygens (including phenoxy) is 3. The number of guanidine groups is 1. The van der Waals surface area contributed by atoms with Gasteiger partial charge in [0.15, 0.2) is 5.96 Å². The Morgan fingerprint density at radius 2 is 2.07 bits per heavy atom. The fourth-order valence-corrected chi connectivity index (χ4v) is 3.93. The molecule has 0 aromatic heterocycles. The van der Waals surface area contributed by atoms with Gasteiger partial charge in [-0.25, -0.2) is 4.39 Å². The molecule has 6 nitrogen and oxygen atoms in total. The molecule has 0 aliphatic carbocycles. The molecule has 2 fully saturated rings. The van der Waals surface area contributed by atoms with Gasteiger partial charge in [-0.15, -0.1) is 24.0 Å². The van der Waals surface area contributed by atoms with Crippen molar-refractivity contribution in [2.24, 2.45) is 4.99 Å². The molecule has 0 radical (unpaired) electrons. The van der Waals surface area contributed by atoms with E-state index in [-0.39, 0.29) is 42.5 Å². The van der Waals surface area contributed by atoms with Crippen molar-refractivity contribution in [1.82, 2.24) is 10.2 Å². The Morgan fingerprint density at radius 1 is 1.27 bits per heavy atom. The molecule has 2 aliphatic heterocycles. The van der Waals surface area contributed by atoms with Crippen molar-refractivity contribution < 1.29 is 18.6 Å². The quantitative estimate of drug-likeness (QED) is 0.328. The number of likely N-dealkylation sites (tertiary alicyclic amines) is 1. The minimum Gasteiger partial charge on any atom is -0.380 e. The van der Waals surface area contributed by atoms with Crippen LogP contribution in [0.5, 0.6) is 0 Å². The van der Waals surface area contributed by atoms with Crippen LogP contribution in [0.3, 0.4) is 0 Å². The molecular weight excluding hydrogens is 500 g/mol. The highest BCUT2D eigenvalue weighted by molar-refractivity contribution is 14.0. The second-order valence-corrected chi connectivity index (χ2v) is 7.77. The molecule has 1 atom stereocenters. The van der Waals surface area contributed by atoms with Crippen LogP contribution >= 0.6 is 24.0 Å². The molecule has 8 heteroatoms. The topological polar surface area (TPSA) is 55.3 Å². The molecule has 1 aromatic carbocycles. The number of rotatable bonds is 7. The van der Waals surface area contributed by atoms with Gasteiger partial charge in [0, 0.05) is 46.0 Å². The molecule has 3 rings (SSSR count). The molecule has 1 N–H and O–H groups in total. The molecule has 0 bridgehead atoms. The molecule has 0 spiro atoms. The van der Waals surface area contributed by atoms with Gasteiger partial charge < -0.3 is 24.4 Å². The molecular formula is C22H35FIN3O3. The molecule has 0 amide bonds. The second kappa shape index (κ2) is 13.4. The summed E-state index contributed by atoms with van der Waals surface area (Å²) in [5, 5.41) is 3.39. The maximum absolute atomic E-state index is 13.8. The summed E-state index contributed by atoms with van der Waals surface area (Å²) in [6.45, 7) is 4.27. The number of piperidine rings is 1. The Bertz CT molecular complexity index is 663. The first kappa shape index (κ1) is 25.3. The zero-order valence-electron chi connectivity index (χ0n) is 18.1. The van der Waals surface area contributed by atoms with Crippen LogP contribution in [0.1, 0.15) is 43.2 Å². The van der Waals surface area contributed by atoms with Gasteiger partial charge in [-0.1, -0.05) is 6.07 Å². The summed E-state index contributed by atoms with van der Waals surface area (Å²) in [6.07, 6.45) is 6.08. The van der Waals surface area contributed by atoms with E-state index in [1.54, 1.807) is 20.2 Å². The van der Waals surface area contributed by atoms with Crippen molar-refractivity contribution in [3.8, 4) is 0 Å². The number of methoxy groups -OCH3 is 1. The van der Waals surface area contributed by atoms with Gasteiger partial charge in [0.2, 0.25) is 0 Å². The molecule has 1 aromatic rings. The summed E-state index contributed by atoms with van der Waals surface area (Å²) in [6, 6.07) is 5.13. The van der Waals surface area contributed by atoms with E-state index in [0.717, 1.165) is 50.5 Å². The Balaban J connectivity index is 0.00000320. The number of nitrogens with one attached hydrogen (secondary N) is 1. The number of benzene rings is 1. The van der Waals surface area contributed by atoms with E-state index in [1.165, 1.54) is 18.9 Å². The summed E-state index contributed by atoms with van der Waals surface area (Å²) in [4.78, 5) is 6.68. The highest BCUT2D eigenvalue weighted by Crippen LogP contribution is 2.18. The normalized spacial score (nSPS) is 20.7. The summed E-state index contributed by atoms with van der Waals surface area (Å²) < 4.78 is 30.7. The largest absolute Gasteiger partial charge is 0.380 e. The number of hydrogen-bond donors (Lipinski definition) is 1. The van der Waals surface area contributed by atoms with E-state index < -0.39 is 0 Å². The van der Waals surface area contributed by atoms with Crippen molar-refractivity contribution in [3.05, 3.63) is 35.1 Å². The predicted molar refractivity (Wildman–Crippen MR) is 127 cm³/mol. The molecule has 2 saturated heterocycles. The number of halogens is 2. The minimum atomic E-state index is -0.235. The smallest absolute Gasteiger partial charge is 0.193 e. The number of hydrogen-bond acceptors (Lipinski definition) is 4. The Morgan fingerprint density at radius 3 is 2.73 bits per heavy atom. The van der Waals surface area contributed by atoms with E-state index in [9.17, 15) is 4.39 Å². The monoisotopic (exact) mass is 535 g/mol. The zero-order chi connectivity index (χ0) is 20.5. The van der Waals surface area contributed by atoms with Crippen LogP contribution in [0, 0.1) is 5.82 Å². The third-order valence-corrected chi connectivity index (χ3v) is 5.61. The van der Waals surface area contributed by atoms with E-state index in [2.05, 4.69) is 15.2 Å². The molecule has 30 heavy (non-hydrogen) atoms. The average Bonchev–Trinajstić information content (AvgIpc) is 2.76. The molecule has 2 heterocycles. The van der Waals surface area contributed by atoms with Crippen molar-refractivity contribution in [2.75, 3.05) is 40.5 Å². The van der Waals surface area contributed by atoms with Crippen molar-refractivity contribution in [2.45, 2.75) is 57.5 Å². The SMILES string of the molecule is CN=C(NCc1ccc(F)c(COC)c1)N1CCC(OCC2CCCCO2)CC1.I. The van der Waals surface area contributed by atoms with Crippen LogP contribution in [0.15, 0.2) is 23.2 Å². The zero-order valence-corrected chi connectivity index (χ0v) is 20.4. The van der Waals surface area contributed by atoms with E-state index in [4.69, 9.17) is 14.2 Å². The molecule has 1 unspecified atom stereocenters. The van der Waals surface area contributed by atoms with Crippen molar-refractivity contribution in [1.29, 1.82) is 0 Å². The van der Waals surface area contributed by atoms with Gasteiger partial charge in [0.05, 0.1) is 25.4 Å². The lowest BCUT2D eigenvalue weighted by atomic mass is 10.1. The van der Waals surface area contributed by atoms with Crippen molar-refractivity contribution in [3.63, 3.8) is 0 Å². The highest BCUT2D eigenvalue weighted by atomic mass is 127. The lowest BCUT2D eigenvalue weighted by Gasteiger charge is -2.35. The summed E-state index contributed by atoms with van der Waals surface area (Å²) in [5.41, 5.74) is 1.58.